The van der Waals surface area contributed by atoms with E-state index in [1.165, 1.54) is 11.2 Å². The van der Waals surface area contributed by atoms with Crippen molar-refractivity contribution in [3.8, 4) is 5.88 Å². The Labute approximate surface area is 158 Å². The van der Waals surface area contributed by atoms with Gasteiger partial charge in [-0.15, -0.1) is 11.6 Å². The number of H-pyrrole nitrogens is 1. The lowest BCUT2D eigenvalue weighted by Gasteiger charge is -2.27. The van der Waals surface area contributed by atoms with E-state index < -0.39 is 0 Å². The van der Waals surface area contributed by atoms with E-state index in [4.69, 9.17) is 16.3 Å². The zero-order valence-electron chi connectivity index (χ0n) is 15.4. The van der Waals surface area contributed by atoms with Gasteiger partial charge < -0.3 is 9.64 Å². The fourth-order valence-electron chi connectivity index (χ4n) is 2.45. The van der Waals surface area contributed by atoms with Crippen LogP contribution in [0, 0.1) is 0 Å². The molecule has 2 rings (SSSR count). The zero-order chi connectivity index (χ0) is 18.9. The highest BCUT2D eigenvalue weighted by molar-refractivity contribution is 6.29. The smallest absolute Gasteiger partial charge is 0.243 e. The lowest BCUT2D eigenvalue weighted by Crippen LogP contribution is -2.34. The number of carbonyl (C=O) groups excluding carboxylic acids is 1. The maximum absolute atomic E-state index is 12.6. The molecule has 0 atom stereocenters. The molecule has 142 valence electrons. The van der Waals surface area contributed by atoms with Gasteiger partial charge in [0.05, 0.1) is 18.8 Å². The van der Waals surface area contributed by atoms with E-state index in [9.17, 15) is 4.79 Å². The molecule has 9 heteroatoms. The minimum absolute atomic E-state index is 0.162. The third-order valence-corrected chi connectivity index (χ3v) is 3.98. The number of unbranched alkanes of at least 4 members (excludes halogenated alkanes) is 2. The number of aromatic amines is 1. The maximum Gasteiger partial charge on any atom is 0.243 e. The molecule has 0 saturated carbocycles. The average Bonchev–Trinajstić information content (AvgIpc) is 3.15. The normalized spacial score (nSPS) is 10.6. The van der Waals surface area contributed by atoms with Crippen molar-refractivity contribution < 1.29 is 9.53 Å². The summed E-state index contributed by atoms with van der Waals surface area (Å²) in [4.78, 5) is 24.5. The van der Waals surface area contributed by atoms with Crippen molar-refractivity contribution in [2.75, 3.05) is 36.4 Å². The lowest BCUT2D eigenvalue weighted by molar-refractivity contribution is -0.116. The minimum Gasteiger partial charge on any atom is -0.476 e. The second kappa shape index (κ2) is 9.96. The Morgan fingerprint density at radius 3 is 2.73 bits per heavy atom. The summed E-state index contributed by atoms with van der Waals surface area (Å²) >= 11 is 5.85. The van der Waals surface area contributed by atoms with Gasteiger partial charge in [-0.05, 0) is 12.5 Å². The molecule has 2 heterocycles. The van der Waals surface area contributed by atoms with Crippen molar-refractivity contribution in [2.45, 2.75) is 32.7 Å². The van der Waals surface area contributed by atoms with Crippen LogP contribution in [0.5, 0.6) is 5.88 Å². The first-order chi connectivity index (χ1) is 12.6. The van der Waals surface area contributed by atoms with Gasteiger partial charge in [0.2, 0.25) is 11.8 Å². The van der Waals surface area contributed by atoms with Crippen LogP contribution in [0.15, 0.2) is 18.6 Å². The molecule has 2 aromatic rings. The van der Waals surface area contributed by atoms with Crippen LogP contribution in [-0.4, -0.2) is 52.7 Å². The summed E-state index contributed by atoms with van der Waals surface area (Å²) in [6, 6.07) is 1.80. The van der Waals surface area contributed by atoms with E-state index in [1.807, 2.05) is 19.0 Å². The van der Waals surface area contributed by atoms with Crippen molar-refractivity contribution >= 4 is 29.0 Å². The van der Waals surface area contributed by atoms with Gasteiger partial charge >= 0.3 is 0 Å². The predicted octanol–water partition coefficient (Wildman–Crippen LogP) is 2.61. The SMILES string of the molecule is CCCCCOc1ncnc(N(C)C)c1N(Cc1ccn[nH]1)C(=O)CCl. The Morgan fingerprint density at radius 2 is 2.12 bits per heavy atom. The molecule has 0 unspecified atom stereocenters. The van der Waals surface area contributed by atoms with Crippen LogP contribution in [0.4, 0.5) is 11.5 Å². The topological polar surface area (TPSA) is 87.2 Å². The van der Waals surface area contributed by atoms with Gasteiger partial charge in [-0.2, -0.15) is 10.1 Å². The highest BCUT2D eigenvalue weighted by atomic mass is 35.5. The largest absolute Gasteiger partial charge is 0.476 e. The van der Waals surface area contributed by atoms with E-state index in [0.29, 0.717) is 24.0 Å². The fraction of sp³-hybridized carbons (Fsp3) is 0.529. The van der Waals surface area contributed by atoms with E-state index in [-0.39, 0.29) is 18.3 Å². The van der Waals surface area contributed by atoms with Crippen LogP contribution in [0.25, 0.3) is 0 Å². The highest BCUT2D eigenvalue weighted by Gasteiger charge is 2.26. The van der Waals surface area contributed by atoms with Crippen molar-refractivity contribution in [3.05, 3.63) is 24.3 Å². The molecule has 0 aromatic carbocycles. The van der Waals surface area contributed by atoms with Crippen molar-refractivity contribution in [1.29, 1.82) is 0 Å². The monoisotopic (exact) mass is 380 g/mol. The van der Waals surface area contributed by atoms with Gasteiger partial charge in [-0.3, -0.25) is 14.8 Å². The maximum atomic E-state index is 12.6. The molecule has 0 aliphatic carbocycles. The second-order valence-electron chi connectivity index (χ2n) is 6.00. The standard InChI is InChI=1S/C17H25ClN6O2/c1-4-5-6-9-26-17-15(16(23(2)3)19-12-20-17)24(14(25)10-18)11-13-7-8-21-22-13/h7-8,12H,4-6,9-11H2,1-3H3,(H,21,22). The molecule has 0 fully saturated rings. The summed E-state index contributed by atoms with van der Waals surface area (Å²) in [5, 5.41) is 6.80. The number of rotatable bonds is 10. The Kier molecular flexibility index (Phi) is 7.65. The number of ether oxygens (including phenoxy) is 1. The number of nitrogens with one attached hydrogen (secondary N) is 1. The number of carbonyl (C=O) groups is 1. The van der Waals surface area contributed by atoms with E-state index >= 15 is 0 Å². The Balaban J connectivity index is 2.40. The number of halogens is 1. The minimum atomic E-state index is -0.266. The number of nitrogens with zero attached hydrogens (tertiary/aromatic N) is 5. The van der Waals surface area contributed by atoms with Crippen LogP contribution >= 0.6 is 11.6 Å². The van der Waals surface area contributed by atoms with Crippen molar-refractivity contribution in [1.82, 2.24) is 20.2 Å². The van der Waals surface area contributed by atoms with E-state index in [2.05, 4.69) is 27.1 Å². The van der Waals surface area contributed by atoms with Crippen LogP contribution in [0.3, 0.4) is 0 Å². The van der Waals surface area contributed by atoms with Gasteiger partial charge in [-0.25, -0.2) is 4.98 Å². The van der Waals surface area contributed by atoms with Crippen LogP contribution in [0.1, 0.15) is 31.9 Å². The van der Waals surface area contributed by atoms with Crippen molar-refractivity contribution in [3.63, 3.8) is 0 Å². The first-order valence-electron chi connectivity index (χ1n) is 8.58. The Bertz CT molecular complexity index is 693. The summed E-state index contributed by atoms with van der Waals surface area (Å²) in [6.07, 6.45) is 6.16. The van der Waals surface area contributed by atoms with Gasteiger partial charge in [0.1, 0.15) is 12.2 Å². The number of amides is 1. The third-order valence-electron chi connectivity index (χ3n) is 3.75. The average molecular weight is 381 g/mol. The lowest BCUT2D eigenvalue weighted by atomic mass is 10.2. The molecular weight excluding hydrogens is 356 g/mol. The van der Waals surface area contributed by atoms with Crippen molar-refractivity contribution in [2.24, 2.45) is 0 Å². The molecule has 2 aromatic heterocycles. The highest BCUT2D eigenvalue weighted by Crippen LogP contribution is 2.35. The number of alkyl halides is 1. The predicted molar refractivity (Wildman–Crippen MR) is 102 cm³/mol. The molecule has 0 spiro atoms. The molecule has 0 saturated heterocycles. The first-order valence-corrected chi connectivity index (χ1v) is 9.11. The molecule has 1 N–H and O–H groups in total. The second-order valence-corrected chi connectivity index (χ2v) is 6.26. The number of hydrogen-bond donors (Lipinski definition) is 1. The first kappa shape index (κ1) is 20.0. The summed E-state index contributed by atoms with van der Waals surface area (Å²) < 4.78 is 5.88. The van der Waals surface area contributed by atoms with Gasteiger partial charge in [-0.1, -0.05) is 19.8 Å². The van der Waals surface area contributed by atoms with E-state index in [1.54, 1.807) is 12.3 Å². The third kappa shape index (κ3) is 5.08. The fourth-order valence-corrected chi connectivity index (χ4v) is 2.60. The zero-order valence-corrected chi connectivity index (χ0v) is 16.2. The summed E-state index contributed by atoms with van der Waals surface area (Å²) in [7, 11) is 3.71. The quantitative estimate of drug-likeness (QED) is 0.503. The number of aromatic nitrogens is 4. The van der Waals surface area contributed by atoms with Crippen LogP contribution in [0.2, 0.25) is 0 Å². The summed E-state index contributed by atoms with van der Waals surface area (Å²) in [5.74, 6) is 0.532. The molecule has 0 radical (unpaired) electrons. The van der Waals surface area contributed by atoms with E-state index in [0.717, 1.165) is 25.0 Å². The van der Waals surface area contributed by atoms with Crippen LogP contribution in [-0.2, 0) is 11.3 Å². The van der Waals surface area contributed by atoms with Gasteiger partial charge in [0.25, 0.3) is 0 Å². The molecule has 0 aliphatic heterocycles. The molecule has 8 nitrogen and oxygen atoms in total. The summed E-state index contributed by atoms with van der Waals surface area (Å²) in [6.45, 7) is 2.92. The number of hydrogen-bond acceptors (Lipinski definition) is 6. The van der Waals surface area contributed by atoms with Crippen LogP contribution < -0.4 is 14.5 Å². The Hall–Kier alpha value is -2.35. The molecule has 1 amide bonds. The molecule has 0 bridgehead atoms. The van der Waals surface area contributed by atoms with Gasteiger partial charge in [0.15, 0.2) is 11.5 Å². The molecule has 26 heavy (non-hydrogen) atoms. The Morgan fingerprint density at radius 1 is 1.31 bits per heavy atom. The molecular formula is C17H25ClN6O2. The summed E-state index contributed by atoms with van der Waals surface area (Å²) in [5.41, 5.74) is 1.28. The molecule has 0 aliphatic rings. The number of anilines is 2. The van der Waals surface area contributed by atoms with Gasteiger partial charge in [0, 0.05) is 20.3 Å².